The summed E-state index contributed by atoms with van der Waals surface area (Å²) in [4.78, 5) is 0. The van der Waals surface area contributed by atoms with E-state index in [1.54, 1.807) is 6.92 Å². The maximum atomic E-state index is 9.06. The molecule has 1 rings (SSSR count). The Morgan fingerprint density at radius 1 is 1.27 bits per heavy atom. The van der Waals surface area contributed by atoms with Gasteiger partial charge in [-0.05, 0) is 0 Å². The molecule has 3 nitrogen and oxygen atoms in total. The zero-order chi connectivity index (χ0) is 8.65. The van der Waals surface area contributed by atoms with Gasteiger partial charge in [0.25, 0.3) is 0 Å². The smallest absolute Gasteiger partial charge is 0.319 e. The predicted octanol–water partition coefficient (Wildman–Crippen LogP) is 2.15. The fraction of sp³-hybridized carbons (Fsp3) is 0.750. The van der Waals surface area contributed by atoms with E-state index in [-0.39, 0.29) is 17.7 Å². The van der Waals surface area contributed by atoms with Crippen LogP contribution in [0, 0.1) is 5.41 Å². The van der Waals surface area contributed by atoms with Crippen molar-refractivity contribution in [1.29, 1.82) is 0 Å². The number of hydrogen-bond donors (Lipinski definition) is 1. The van der Waals surface area contributed by atoms with Crippen LogP contribution in [0.3, 0.4) is 0 Å². The van der Waals surface area contributed by atoms with Gasteiger partial charge in [0.1, 0.15) is 0 Å². The molecule has 0 aromatic carbocycles. The van der Waals surface area contributed by atoms with Crippen LogP contribution in [0.4, 0.5) is 0 Å². The molecule has 3 heteroatoms. The molecule has 11 heavy (non-hydrogen) atoms. The van der Waals surface area contributed by atoms with Crippen molar-refractivity contribution in [1.82, 2.24) is 0 Å². The molecule has 1 N–H and O–H groups in total. The average Bonchev–Trinajstić information content (AvgIpc) is 2.11. The second-order valence-corrected chi connectivity index (χ2v) is 3.79. The zero-order valence-corrected chi connectivity index (χ0v) is 7.34. The van der Waals surface area contributed by atoms with Crippen LogP contribution in [0.5, 0.6) is 0 Å². The minimum Gasteiger partial charge on any atom is -0.478 e. The van der Waals surface area contributed by atoms with Crippen LogP contribution in [0.2, 0.25) is 0 Å². The maximum Gasteiger partial charge on any atom is 0.319 e. The summed E-state index contributed by atoms with van der Waals surface area (Å²) < 4.78 is 10.3. The number of aliphatic hydroxyl groups is 1. The van der Waals surface area contributed by atoms with Crippen LogP contribution in [-0.4, -0.2) is 11.4 Å². The standard InChI is InChI=1S/C8H14O3/c1-5-6(9)11-7(10-5)8(2,3)4/h7,9H,1-4H3/t7-/m0/s1. The molecule has 1 aliphatic rings. The molecule has 0 spiro atoms. The zero-order valence-electron chi connectivity index (χ0n) is 7.34. The number of rotatable bonds is 0. The fourth-order valence-electron chi connectivity index (χ4n) is 0.773. The van der Waals surface area contributed by atoms with E-state index in [1.807, 2.05) is 20.8 Å². The minimum absolute atomic E-state index is 0.0927. The normalized spacial score (nSPS) is 24.9. The van der Waals surface area contributed by atoms with Crippen molar-refractivity contribution < 1.29 is 14.6 Å². The second-order valence-electron chi connectivity index (χ2n) is 3.79. The summed E-state index contributed by atoms with van der Waals surface area (Å²) in [5, 5.41) is 9.06. The van der Waals surface area contributed by atoms with E-state index in [0.717, 1.165) is 0 Å². The van der Waals surface area contributed by atoms with E-state index in [2.05, 4.69) is 0 Å². The molecule has 0 fully saturated rings. The Labute approximate surface area is 66.6 Å². The molecule has 0 saturated heterocycles. The lowest BCUT2D eigenvalue weighted by Gasteiger charge is -2.24. The van der Waals surface area contributed by atoms with Gasteiger partial charge in [0.05, 0.1) is 0 Å². The van der Waals surface area contributed by atoms with Gasteiger partial charge in [-0.3, -0.25) is 0 Å². The van der Waals surface area contributed by atoms with E-state index < -0.39 is 0 Å². The first-order chi connectivity index (χ1) is 4.91. The summed E-state index contributed by atoms with van der Waals surface area (Å²) in [6, 6.07) is 0. The Morgan fingerprint density at radius 2 is 1.82 bits per heavy atom. The van der Waals surface area contributed by atoms with Crippen LogP contribution < -0.4 is 0 Å². The molecular formula is C8H14O3. The molecule has 0 aliphatic carbocycles. The topological polar surface area (TPSA) is 38.7 Å². The Morgan fingerprint density at radius 3 is 2.00 bits per heavy atom. The molecule has 0 bridgehead atoms. The summed E-state index contributed by atoms with van der Waals surface area (Å²) in [5.41, 5.74) is -0.105. The van der Waals surface area contributed by atoms with Gasteiger partial charge < -0.3 is 14.6 Å². The van der Waals surface area contributed by atoms with Crippen LogP contribution in [-0.2, 0) is 9.47 Å². The van der Waals surface area contributed by atoms with Crippen molar-refractivity contribution in [2.75, 3.05) is 0 Å². The van der Waals surface area contributed by atoms with Gasteiger partial charge in [-0.15, -0.1) is 0 Å². The monoisotopic (exact) mass is 158 g/mol. The SMILES string of the molecule is CC1=C(O)O[C@@H](C(C)(C)C)O1. The summed E-state index contributed by atoms with van der Waals surface area (Å²) in [7, 11) is 0. The lowest BCUT2D eigenvalue weighted by Crippen LogP contribution is -2.27. The number of hydrogen-bond acceptors (Lipinski definition) is 3. The summed E-state index contributed by atoms with van der Waals surface area (Å²) in [5.74, 6) is 0.370. The van der Waals surface area contributed by atoms with E-state index in [0.29, 0.717) is 5.76 Å². The van der Waals surface area contributed by atoms with Crippen molar-refractivity contribution in [3.05, 3.63) is 11.7 Å². The van der Waals surface area contributed by atoms with Crippen molar-refractivity contribution >= 4 is 0 Å². The average molecular weight is 158 g/mol. The molecule has 0 saturated carbocycles. The van der Waals surface area contributed by atoms with Gasteiger partial charge in [0.2, 0.25) is 6.29 Å². The van der Waals surface area contributed by atoms with Crippen LogP contribution in [0.1, 0.15) is 27.7 Å². The molecular weight excluding hydrogens is 144 g/mol. The highest BCUT2D eigenvalue weighted by atomic mass is 16.8. The van der Waals surface area contributed by atoms with Crippen LogP contribution in [0.15, 0.2) is 11.7 Å². The van der Waals surface area contributed by atoms with Crippen molar-refractivity contribution in [3.63, 3.8) is 0 Å². The van der Waals surface area contributed by atoms with Gasteiger partial charge in [-0.1, -0.05) is 20.8 Å². The van der Waals surface area contributed by atoms with E-state index in [9.17, 15) is 0 Å². The Bertz CT molecular complexity index is 174. The van der Waals surface area contributed by atoms with Crippen LogP contribution >= 0.6 is 0 Å². The molecule has 0 unspecified atom stereocenters. The second kappa shape index (κ2) is 2.32. The van der Waals surface area contributed by atoms with Gasteiger partial charge in [-0.25, -0.2) is 0 Å². The number of ether oxygens (including phenoxy) is 2. The Hall–Kier alpha value is -0.860. The molecule has 64 valence electrons. The summed E-state index contributed by atoms with van der Waals surface area (Å²) >= 11 is 0. The predicted molar refractivity (Wildman–Crippen MR) is 40.7 cm³/mol. The highest BCUT2D eigenvalue weighted by Gasteiger charge is 2.34. The Balaban J connectivity index is 2.62. The highest BCUT2D eigenvalue weighted by Crippen LogP contribution is 2.31. The highest BCUT2D eigenvalue weighted by molar-refractivity contribution is 4.96. The molecule has 0 radical (unpaired) electrons. The Kier molecular flexibility index (Phi) is 1.74. The molecule has 0 amide bonds. The van der Waals surface area contributed by atoms with E-state index in [4.69, 9.17) is 14.6 Å². The first kappa shape index (κ1) is 8.24. The molecule has 0 aromatic rings. The van der Waals surface area contributed by atoms with Crippen LogP contribution in [0.25, 0.3) is 0 Å². The van der Waals surface area contributed by atoms with Crippen molar-refractivity contribution in [2.24, 2.45) is 5.41 Å². The van der Waals surface area contributed by atoms with Gasteiger partial charge in [-0.2, -0.15) is 0 Å². The first-order valence-electron chi connectivity index (χ1n) is 3.64. The molecule has 1 aliphatic heterocycles. The summed E-state index contributed by atoms with van der Waals surface area (Å²) in [6.07, 6.45) is -0.359. The third-order valence-corrected chi connectivity index (χ3v) is 1.51. The molecule has 0 aromatic heterocycles. The lowest BCUT2D eigenvalue weighted by molar-refractivity contribution is -0.125. The van der Waals surface area contributed by atoms with Gasteiger partial charge in [0, 0.05) is 12.3 Å². The summed E-state index contributed by atoms with van der Waals surface area (Å²) in [6.45, 7) is 7.65. The third kappa shape index (κ3) is 1.59. The van der Waals surface area contributed by atoms with E-state index >= 15 is 0 Å². The number of aliphatic hydroxyl groups excluding tert-OH is 1. The maximum absolute atomic E-state index is 9.06. The van der Waals surface area contributed by atoms with Gasteiger partial charge >= 0.3 is 5.95 Å². The quantitative estimate of drug-likeness (QED) is 0.587. The van der Waals surface area contributed by atoms with Crippen molar-refractivity contribution in [2.45, 2.75) is 34.0 Å². The number of allylic oxidation sites excluding steroid dienone is 1. The minimum atomic E-state index is -0.359. The molecule has 1 atom stereocenters. The lowest BCUT2D eigenvalue weighted by atomic mass is 9.96. The van der Waals surface area contributed by atoms with Crippen molar-refractivity contribution in [3.8, 4) is 0 Å². The largest absolute Gasteiger partial charge is 0.478 e. The van der Waals surface area contributed by atoms with Gasteiger partial charge in [0.15, 0.2) is 5.76 Å². The van der Waals surface area contributed by atoms with E-state index in [1.165, 1.54) is 0 Å². The molecule has 1 heterocycles. The first-order valence-corrected chi connectivity index (χ1v) is 3.64. The third-order valence-electron chi connectivity index (χ3n) is 1.51. The fourth-order valence-corrected chi connectivity index (χ4v) is 0.773.